The molecule has 0 saturated carbocycles. The number of rotatable bonds is 2. The van der Waals surface area contributed by atoms with Crippen molar-refractivity contribution in [3.8, 4) is 0 Å². The summed E-state index contributed by atoms with van der Waals surface area (Å²) in [5, 5.41) is 0. The maximum absolute atomic E-state index is 3.47. The predicted molar refractivity (Wildman–Crippen MR) is 76.0 cm³/mol. The van der Waals surface area contributed by atoms with Crippen LogP contribution in [0.3, 0.4) is 0 Å². The van der Waals surface area contributed by atoms with Crippen molar-refractivity contribution < 1.29 is 0 Å². The van der Waals surface area contributed by atoms with Crippen molar-refractivity contribution in [1.82, 2.24) is 0 Å². The van der Waals surface area contributed by atoms with E-state index in [0.29, 0.717) is 0 Å². The molecule has 0 unspecified atom stereocenters. The lowest BCUT2D eigenvalue weighted by atomic mass is 9.99. The largest absolute Gasteiger partial charge is 0.0759 e. The van der Waals surface area contributed by atoms with Crippen molar-refractivity contribution in [2.24, 2.45) is 0 Å². The second kappa shape index (κ2) is 4.50. The molecule has 0 heterocycles. The molecule has 0 saturated heterocycles. The maximum Gasteiger partial charge on any atom is 0.0175 e. The second-order valence-corrected chi connectivity index (χ2v) is 5.31. The Labute approximate surface area is 110 Å². The summed E-state index contributed by atoms with van der Waals surface area (Å²) < 4.78 is 1.14. The Balaban J connectivity index is 1.86. The highest BCUT2D eigenvalue weighted by Gasteiger charge is 2.12. The number of halogens is 1. The fourth-order valence-electron chi connectivity index (χ4n) is 2.34. The molecule has 2 aromatic carbocycles. The molecule has 0 aromatic heterocycles. The normalized spacial score (nSPS) is 13.4. The van der Waals surface area contributed by atoms with Gasteiger partial charge in [0.15, 0.2) is 0 Å². The van der Waals surface area contributed by atoms with E-state index >= 15 is 0 Å². The number of fused-ring (bicyclic) bond motifs is 1. The monoisotopic (exact) mass is 284 g/mol. The fourth-order valence-corrected chi connectivity index (χ4v) is 2.61. The van der Waals surface area contributed by atoms with Gasteiger partial charge in [-0.25, -0.2) is 0 Å². The van der Waals surface area contributed by atoms with E-state index in [0.717, 1.165) is 17.3 Å². The van der Waals surface area contributed by atoms with Crippen LogP contribution in [0.1, 0.15) is 16.7 Å². The molecule has 1 heteroatoms. The van der Waals surface area contributed by atoms with Crippen LogP contribution in [0.5, 0.6) is 0 Å². The zero-order chi connectivity index (χ0) is 11.7. The van der Waals surface area contributed by atoms with Gasteiger partial charge in [-0.2, -0.15) is 0 Å². The number of hydrogen-bond acceptors (Lipinski definition) is 0. The van der Waals surface area contributed by atoms with Gasteiger partial charge < -0.3 is 0 Å². The van der Waals surface area contributed by atoms with Crippen LogP contribution in [-0.2, 0) is 12.8 Å². The Kier molecular flexibility index (Phi) is 2.86. The van der Waals surface area contributed by atoms with Gasteiger partial charge in [-0.1, -0.05) is 58.4 Å². The molecule has 0 atom stereocenters. The van der Waals surface area contributed by atoms with Crippen LogP contribution in [0.2, 0.25) is 0 Å². The Morgan fingerprint density at radius 1 is 0.941 bits per heavy atom. The summed E-state index contributed by atoms with van der Waals surface area (Å²) in [6, 6.07) is 17.3. The van der Waals surface area contributed by atoms with Crippen LogP contribution in [0.4, 0.5) is 0 Å². The van der Waals surface area contributed by atoms with Gasteiger partial charge in [-0.05, 0) is 47.2 Å². The van der Waals surface area contributed by atoms with E-state index in [1.54, 1.807) is 0 Å². The zero-order valence-electron chi connectivity index (χ0n) is 9.49. The summed E-state index contributed by atoms with van der Waals surface area (Å²) in [7, 11) is 0. The van der Waals surface area contributed by atoms with Gasteiger partial charge in [-0.15, -0.1) is 0 Å². The van der Waals surface area contributed by atoms with Gasteiger partial charge in [0, 0.05) is 4.47 Å². The molecular weight excluding hydrogens is 272 g/mol. The van der Waals surface area contributed by atoms with E-state index in [4.69, 9.17) is 0 Å². The average Bonchev–Trinajstić information content (AvgIpc) is 2.76. The highest BCUT2D eigenvalue weighted by atomic mass is 79.9. The van der Waals surface area contributed by atoms with Crippen molar-refractivity contribution in [3.63, 3.8) is 0 Å². The predicted octanol–water partition coefficient (Wildman–Crippen LogP) is 4.63. The molecule has 0 bridgehead atoms. The van der Waals surface area contributed by atoms with Crippen molar-refractivity contribution in [3.05, 3.63) is 75.8 Å². The van der Waals surface area contributed by atoms with Gasteiger partial charge >= 0.3 is 0 Å². The van der Waals surface area contributed by atoms with Crippen LogP contribution >= 0.6 is 15.9 Å². The summed E-state index contributed by atoms with van der Waals surface area (Å²) in [5.41, 5.74) is 5.72. The van der Waals surface area contributed by atoms with Crippen LogP contribution < -0.4 is 0 Å². The highest BCUT2D eigenvalue weighted by molar-refractivity contribution is 9.10. The number of hydrogen-bond donors (Lipinski definition) is 0. The third-order valence-corrected chi connectivity index (χ3v) is 3.77. The quantitative estimate of drug-likeness (QED) is 0.754. The van der Waals surface area contributed by atoms with Gasteiger partial charge in [-0.3, -0.25) is 0 Å². The fraction of sp³-hybridized carbons (Fsp3) is 0.125. The first-order valence-electron chi connectivity index (χ1n) is 5.85. The zero-order valence-corrected chi connectivity index (χ0v) is 11.1. The molecule has 0 N–H and O–H groups in total. The molecule has 0 spiro atoms. The van der Waals surface area contributed by atoms with Crippen molar-refractivity contribution in [1.29, 1.82) is 0 Å². The minimum Gasteiger partial charge on any atom is -0.0759 e. The van der Waals surface area contributed by atoms with E-state index in [2.05, 4.69) is 70.5 Å². The molecule has 0 aliphatic heterocycles. The molecule has 1 aliphatic rings. The molecule has 0 amide bonds. The minimum absolute atomic E-state index is 1.03. The van der Waals surface area contributed by atoms with Crippen LogP contribution in [-0.4, -0.2) is 0 Å². The standard InChI is InChI=1S/C16H13Br/c17-15-9-5-12(6-10-15)11-14-8-7-13-3-1-2-4-16(13)14/h1-6,8-10H,7,11H2. The molecule has 17 heavy (non-hydrogen) atoms. The minimum atomic E-state index is 1.03. The van der Waals surface area contributed by atoms with E-state index in [-0.39, 0.29) is 0 Å². The summed E-state index contributed by atoms with van der Waals surface area (Å²) >= 11 is 3.47. The second-order valence-electron chi connectivity index (χ2n) is 4.39. The Morgan fingerprint density at radius 3 is 2.53 bits per heavy atom. The molecule has 0 radical (unpaired) electrons. The molecular formula is C16H13Br. The first kappa shape index (κ1) is 10.8. The van der Waals surface area contributed by atoms with Crippen LogP contribution in [0.25, 0.3) is 5.57 Å². The van der Waals surface area contributed by atoms with E-state index < -0.39 is 0 Å². The molecule has 0 fully saturated rings. The first-order chi connectivity index (χ1) is 8.33. The summed E-state index contributed by atoms with van der Waals surface area (Å²) in [6.07, 6.45) is 4.47. The van der Waals surface area contributed by atoms with Gasteiger partial charge in [0.1, 0.15) is 0 Å². The SMILES string of the molecule is Brc1ccc(CC2=CCc3ccccc32)cc1. The smallest absolute Gasteiger partial charge is 0.0175 e. The van der Waals surface area contributed by atoms with Crippen LogP contribution in [0, 0.1) is 0 Å². The summed E-state index contributed by atoms with van der Waals surface area (Å²) in [4.78, 5) is 0. The average molecular weight is 285 g/mol. The third kappa shape index (κ3) is 2.20. The van der Waals surface area contributed by atoms with Crippen molar-refractivity contribution in [2.75, 3.05) is 0 Å². The van der Waals surface area contributed by atoms with E-state index in [1.807, 2.05) is 0 Å². The Morgan fingerprint density at radius 2 is 1.71 bits per heavy atom. The third-order valence-electron chi connectivity index (χ3n) is 3.24. The summed E-state index contributed by atoms with van der Waals surface area (Å²) in [6.45, 7) is 0. The molecule has 84 valence electrons. The number of benzene rings is 2. The highest BCUT2D eigenvalue weighted by Crippen LogP contribution is 2.29. The van der Waals surface area contributed by atoms with Gasteiger partial charge in [0.25, 0.3) is 0 Å². The van der Waals surface area contributed by atoms with Crippen molar-refractivity contribution in [2.45, 2.75) is 12.8 Å². The van der Waals surface area contributed by atoms with Crippen molar-refractivity contribution >= 4 is 21.5 Å². The van der Waals surface area contributed by atoms with Crippen LogP contribution in [0.15, 0.2) is 59.1 Å². The lowest BCUT2D eigenvalue weighted by molar-refractivity contribution is 1.28. The molecule has 0 nitrogen and oxygen atoms in total. The van der Waals surface area contributed by atoms with E-state index in [1.165, 1.54) is 22.3 Å². The maximum atomic E-state index is 3.47. The Bertz CT molecular complexity index is 564. The molecule has 1 aliphatic carbocycles. The Hall–Kier alpha value is -1.34. The molecule has 3 rings (SSSR count). The van der Waals surface area contributed by atoms with E-state index in [9.17, 15) is 0 Å². The number of allylic oxidation sites excluding steroid dienone is 2. The molecule has 2 aromatic rings. The van der Waals surface area contributed by atoms with Gasteiger partial charge in [0.2, 0.25) is 0 Å². The topological polar surface area (TPSA) is 0 Å². The lowest BCUT2D eigenvalue weighted by Crippen LogP contribution is -1.89. The van der Waals surface area contributed by atoms with Gasteiger partial charge in [0.05, 0.1) is 0 Å². The first-order valence-corrected chi connectivity index (χ1v) is 6.64. The lowest BCUT2D eigenvalue weighted by Gasteiger charge is -2.06. The summed E-state index contributed by atoms with van der Waals surface area (Å²) in [5.74, 6) is 0.